The van der Waals surface area contributed by atoms with E-state index in [1.807, 2.05) is 61.7 Å². The smallest absolute Gasteiger partial charge is 0.219 e. The van der Waals surface area contributed by atoms with Crippen molar-refractivity contribution in [3.05, 3.63) is 97.0 Å². The van der Waals surface area contributed by atoms with Crippen LogP contribution in [0.4, 0.5) is 0 Å². The first kappa shape index (κ1) is 18.7. The summed E-state index contributed by atoms with van der Waals surface area (Å²) in [7, 11) is 0. The molecule has 0 N–H and O–H groups in total. The van der Waals surface area contributed by atoms with Crippen molar-refractivity contribution in [1.29, 1.82) is 0 Å². The molecule has 6 aromatic rings. The standard InChI is InChI=1S/C26H18N4OS/c1-17-12-13-21-20-8-3-9-22(25(20)32-26(21)28-17)23-10-4-11-24(29-23)31-19-7-2-6-18(16-19)30-15-5-14-27-30/h2-16H,1H3. The Kier molecular flexibility index (Phi) is 4.44. The van der Waals surface area contributed by atoms with Gasteiger partial charge in [0.1, 0.15) is 10.6 Å². The molecular formula is C26H18N4OS. The van der Waals surface area contributed by atoms with E-state index in [-0.39, 0.29) is 0 Å². The molecule has 2 aromatic carbocycles. The normalized spacial score (nSPS) is 11.3. The van der Waals surface area contributed by atoms with Crippen molar-refractivity contribution in [2.45, 2.75) is 6.92 Å². The van der Waals surface area contributed by atoms with Gasteiger partial charge in [-0.05, 0) is 43.3 Å². The van der Waals surface area contributed by atoms with Crippen LogP contribution in [0.25, 0.3) is 37.2 Å². The summed E-state index contributed by atoms with van der Waals surface area (Å²) in [6, 6.07) is 26.1. The Hall–Kier alpha value is -4.03. The SMILES string of the molecule is Cc1ccc2c(n1)sc1c(-c3cccc(Oc4cccc(-n5cccn5)c4)n3)cccc12. The van der Waals surface area contributed by atoms with Gasteiger partial charge in [-0.15, -0.1) is 11.3 Å². The van der Waals surface area contributed by atoms with Gasteiger partial charge < -0.3 is 4.74 Å². The van der Waals surface area contributed by atoms with Crippen LogP contribution in [0, 0.1) is 6.92 Å². The third kappa shape index (κ3) is 3.31. The second-order valence-corrected chi connectivity index (χ2v) is 8.50. The minimum absolute atomic E-state index is 0.548. The predicted molar refractivity (Wildman–Crippen MR) is 129 cm³/mol. The number of rotatable bonds is 4. The highest BCUT2D eigenvalue weighted by molar-refractivity contribution is 7.26. The molecule has 0 bridgehead atoms. The molecule has 6 heteroatoms. The quantitative estimate of drug-likeness (QED) is 0.306. The molecular weight excluding hydrogens is 416 g/mol. The fraction of sp³-hybridized carbons (Fsp3) is 0.0385. The van der Waals surface area contributed by atoms with Crippen LogP contribution >= 0.6 is 11.3 Å². The average molecular weight is 435 g/mol. The highest BCUT2D eigenvalue weighted by Crippen LogP contribution is 2.39. The molecule has 0 saturated heterocycles. The number of thiophene rings is 1. The van der Waals surface area contributed by atoms with E-state index >= 15 is 0 Å². The maximum Gasteiger partial charge on any atom is 0.219 e. The summed E-state index contributed by atoms with van der Waals surface area (Å²) in [6.45, 7) is 2.02. The Bertz CT molecular complexity index is 1570. The summed E-state index contributed by atoms with van der Waals surface area (Å²) < 4.78 is 9.09. The average Bonchev–Trinajstić information content (AvgIpc) is 3.47. The van der Waals surface area contributed by atoms with E-state index in [1.165, 1.54) is 15.5 Å². The molecule has 0 aliphatic carbocycles. The van der Waals surface area contributed by atoms with Crippen LogP contribution in [0.1, 0.15) is 5.69 Å². The second-order valence-electron chi connectivity index (χ2n) is 7.50. The number of nitrogens with zero attached hydrogens (tertiary/aromatic N) is 4. The minimum atomic E-state index is 0.548. The monoisotopic (exact) mass is 434 g/mol. The summed E-state index contributed by atoms with van der Waals surface area (Å²) >= 11 is 1.71. The molecule has 0 radical (unpaired) electrons. The highest BCUT2D eigenvalue weighted by Gasteiger charge is 2.13. The highest BCUT2D eigenvalue weighted by atomic mass is 32.1. The molecule has 4 aromatic heterocycles. The number of hydrogen-bond acceptors (Lipinski definition) is 5. The Morgan fingerprint density at radius 3 is 2.66 bits per heavy atom. The van der Waals surface area contributed by atoms with Gasteiger partial charge in [-0.3, -0.25) is 0 Å². The second kappa shape index (κ2) is 7.59. The summed E-state index contributed by atoms with van der Waals surface area (Å²) in [4.78, 5) is 10.6. The lowest BCUT2D eigenvalue weighted by atomic mass is 10.1. The van der Waals surface area contributed by atoms with Crippen LogP contribution in [-0.4, -0.2) is 19.7 Å². The first-order valence-electron chi connectivity index (χ1n) is 10.3. The Morgan fingerprint density at radius 2 is 1.75 bits per heavy atom. The van der Waals surface area contributed by atoms with Crippen molar-refractivity contribution in [2.75, 3.05) is 0 Å². The van der Waals surface area contributed by atoms with E-state index in [4.69, 9.17) is 14.7 Å². The molecule has 0 saturated carbocycles. The van der Waals surface area contributed by atoms with E-state index < -0.39 is 0 Å². The summed E-state index contributed by atoms with van der Waals surface area (Å²) in [6.07, 6.45) is 3.66. The van der Waals surface area contributed by atoms with Gasteiger partial charge >= 0.3 is 0 Å². The molecule has 4 heterocycles. The molecule has 154 valence electrons. The van der Waals surface area contributed by atoms with E-state index in [2.05, 4.69) is 35.4 Å². The predicted octanol–water partition coefficient (Wildman–Crippen LogP) is 6.80. The largest absolute Gasteiger partial charge is 0.439 e. The summed E-state index contributed by atoms with van der Waals surface area (Å²) in [5.74, 6) is 1.26. The zero-order chi connectivity index (χ0) is 21.5. The van der Waals surface area contributed by atoms with Gasteiger partial charge in [0.25, 0.3) is 0 Å². The molecule has 0 fully saturated rings. The van der Waals surface area contributed by atoms with Crippen molar-refractivity contribution in [3.63, 3.8) is 0 Å². The lowest BCUT2D eigenvalue weighted by molar-refractivity contribution is 0.463. The first-order valence-corrected chi connectivity index (χ1v) is 11.1. The van der Waals surface area contributed by atoms with E-state index in [0.717, 1.165) is 27.5 Å². The number of hydrogen-bond donors (Lipinski definition) is 0. The van der Waals surface area contributed by atoms with Crippen LogP contribution < -0.4 is 4.74 Å². The Labute approximate surface area is 188 Å². The topological polar surface area (TPSA) is 52.8 Å². The molecule has 0 unspecified atom stereocenters. The van der Waals surface area contributed by atoms with Crippen LogP contribution in [0.2, 0.25) is 0 Å². The van der Waals surface area contributed by atoms with E-state index in [1.54, 1.807) is 22.2 Å². The molecule has 0 atom stereocenters. The number of fused-ring (bicyclic) bond motifs is 3. The molecule has 0 amide bonds. The van der Waals surface area contributed by atoms with Crippen molar-refractivity contribution in [2.24, 2.45) is 0 Å². The number of ether oxygens (including phenoxy) is 1. The zero-order valence-electron chi connectivity index (χ0n) is 17.3. The number of aryl methyl sites for hydroxylation is 1. The van der Waals surface area contributed by atoms with Crippen LogP contribution in [0.15, 0.2) is 91.3 Å². The lowest BCUT2D eigenvalue weighted by Gasteiger charge is -2.09. The van der Waals surface area contributed by atoms with Gasteiger partial charge in [0, 0.05) is 51.3 Å². The van der Waals surface area contributed by atoms with Crippen LogP contribution in [0.5, 0.6) is 11.6 Å². The van der Waals surface area contributed by atoms with Gasteiger partial charge in [0.05, 0.1) is 11.4 Å². The Balaban J connectivity index is 1.39. The van der Waals surface area contributed by atoms with Crippen molar-refractivity contribution >= 4 is 31.6 Å². The van der Waals surface area contributed by atoms with Crippen LogP contribution in [0.3, 0.4) is 0 Å². The number of pyridine rings is 2. The summed E-state index contributed by atoms with van der Waals surface area (Å²) in [5, 5.41) is 6.67. The first-order chi connectivity index (χ1) is 15.7. The fourth-order valence-corrected chi connectivity index (χ4v) is 5.07. The molecule has 0 spiro atoms. The lowest BCUT2D eigenvalue weighted by Crippen LogP contribution is -1.95. The van der Waals surface area contributed by atoms with Gasteiger partial charge in [-0.25, -0.2) is 14.6 Å². The molecule has 6 rings (SSSR count). The maximum atomic E-state index is 6.10. The van der Waals surface area contributed by atoms with Gasteiger partial charge in [-0.2, -0.15) is 5.10 Å². The number of aromatic nitrogens is 4. The summed E-state index contributed by atoms with van der Waals surface area (Å²) in [5.41, 5.74) is 3.91. The molecule has 0 aliphatic rings. The zero-order valence-corrected chi connectivity index (χ0v) is 18.1. The molecule has 0 aliphatic heterocycles. The third-order valence-corrected chi connectivity index (χ3v) is 6.46. The Morgan fingerprint density at radius 1 is 0.844 bits per heavy atom. The molecule has 5 nitrogen and oxygen atoms in total. The van der Waals surface area contributed by atoms with Gasteiger partial charge in [-0.1, -0.05) is 30.3 Å². The number of benzene rings is 2. The van der Waals surface area contributed by atoms with Crippen molar-refractivity contribution in [1.82, 2.24) is 19.7 Å². The van der Waals surface area contributed by atoms with Gasteiger partial charge in [0.2, 0.25) is 5.88 Å². The van der Waals surface area contributed by atoms with E-state index in [9.17, 15) is 0 Å². The minimum Gasteiger partial charge on any atom is -0.439 e. The third-order valence-electron chi connectivity index (χ3n) is 5.31. The molecule has 32 heavy (non-hydrogen) atoms. The van der Waals surface area contributed by atoms with Crippen molar-refractivity contribution in [3.8, 4) is 28.6 Å². The van der Waals surface area contributed by atoms with E-state index in [0.29, 0.717) is 11.6 Å². The fourth-order valence-electron chi connectivity index (χ4n) is 3.83. The van der Waals surface area contributed by atoms with Crippen LogP contribution in [-0.2, 0) is 0 Å². The maximum absolute atomic E-state index is 6.10. The van der Waals surface area contributed by atoms with Gasteiger partial charge in [0.15, 0.2) is 0 Å². The van der Waals surface area contributed by atoms with Crippen molar-refractivity contribution < 1.29 is 4.74 Å².